The van der Waals surface area contributed by atoms with E-state index in [1.54, 1.807) is 0 Å². The average Bonchev–Trinajstić information content (AvgIpc) is 3.09. The minimum atomic E-state index is -0.377. The molecule has 0 aromatic rings. The number of ketones is 1. The lowest BCUT2D eigenvalue weighted by Gasteiger charge is -2.23. The molecule has 0 radical (unpaired) electrons. The van der Waals surface area contributed by atoms with Gasteiger partial charge in [-0.05, 0) is 140 Å². The van der Waals surface area contributed by atoms with Gasteiger partial charge in [0.15, 0.2) is 0 Å². The molecule has 0 fully saturated rings. The van der Waals surface area contributed by atoms with Crippen molar-refractivity contribution in [3.05, 3.63) is 0 Å². The van der Waals surface area contributed by atoms with E-state index in [4.69, 9.17) is 0 Å². The highest BCUT2D eigenvalue weighted by Gasteiger charge is 2.22. The van der Waals surface area contributed by atoms with Crippen molar-refractivity contribution in [2.45, 2.75) is 133 Å². The molecule has 0 aromatic heterocycles. The summed E-state index contributed by atoms with van der Waals surface area (Å²) in [5.41, 5.74) is 0. The van der Waals surface area contributed by atoms with Gasteiger partial charge in [0, 0.05) is 68.9 Å². The van der Waals surface area contributed by atoms with Crippen LogP contribution in [0, 0.1) is 0 Å². The summed E-state index contributed by atoms with van der Waals surface area (Å²) in [4.78, 5) is 64.0. The number of amides is 4. The minimum absolute atomic E-state index is 0.0349. The van der Waals surface area contributed by atoms with Gasteiger partial charge in [-0.2, -0.15) is 0 Å². The standard InChI is InChI=1S/C37H76N10O5/c1-28(48)23-31(45-37(52)27-33(16-11-21-41-5)47-36(51)25-30(43-7)14-9-19-39-3)17-12-22-44-34(49)26-32(15-10-20-40-4)46-35(50)24-29(42-6)13-8-18-38-2/h29-33,38-43H,8-27H2,1-7H3,(H,44,49)(H,45,52)(H,46,50)(H,47,51). The molecular formula is C37H76N10O5. The second-order valence-corrected chi connectivity index (χ2v) is 14.0. The minimum Gasteiger partial charge on any atom is -0.356 e. The number of nitrogens with one attached hydrogen (secondary N) is 10. The second kappa shape index (κ2) is 32.9. The van der Waals surface area contributed by atoms with E-state index in [1.807, 2.05) is 42.3 Å². The molecule has 304 valence electrons. The molecule has 15 nitrogen and oxygen atoms in total. The number of carbonyl (C=O) groups is 5. The fourth-order valence-corrected chi connectivity index (χ4v) is 6.22. The molecular weight excluding hydrogens is 664 g/mol. The number of carbonyl (C=O) groups excluding carboxylic acids is 5. The van der Waals surface area contributed by atoms with Crippen LogP contribution in [0.15, 0.2) is 0 Å². The molecule has 0 bridgehead atoms. The highest BCUT2D eigenvalue weighted by molar-refractivity contribution is 5.82. The van der Waals surface area contributed by atoms with Crippen LogP contribution in [-0.2, 0) is 24.0 Å². The van der Waals surface area contributed by atoms with E-state index in [0.717, 1.165) is 64.7 Å². The first-order valence-electron chi connectivity index (χ1n) is 19.6. The summed E-state index contributed by atoms with van der Waals surface area (Å²) in [7, 11) is 11.3. The van der Waals surface area contributed by atoms with Gasteiger partial charge in [0.25, 0.3) is 0 Å². The van der Waals surface area contributed by atoms with E-state index in [9.17, 15) is 24.0 Å². The Balaban J connectivity index is 5.09. The first-order valence-corrected chi connectivity index (χ1v) is 19.6. The molecule has 0 aliphatic carbocycles. The molecule has 52 heavy (non-hydrogen) atoms. The molecule has 5 atom stereocenters. The van der Waals surface area contributed by atoms with Crippen molar-refractivity contribution in [1.82, 2.24) is 53.2 Å². The third-order valence-electron chi connectivity index (χ3n) is 9.14. The predicted molar refractivity (Wildman–Crippen MR) is 210 cm³/mol. The first-order chi connectivity index (χ1) is 25.0. The van der Waals surface area contributed by atoms with Crippen LogP contribution >= 0.6 is 0 Å². The zero-order valence-corrected chi connectivity index (χ0v) is 33.6. The Bertz CT molecular complexity index is 973. The zero-order chi connectivity index (χ0) is 39.0. The maximum absolute atomic E-state index is 13.2. The monoisotopic (exact) mass is 741 g/mol. The van der Waals surface area contributed by atoms with E-state index in [2.05, 4.69) is 53.2 Å². The summed E-state index contributed by atoms with van der Waals surface area (Å²) in [6.45, 7) is 5.22. The molecule has 0 rings (SSSR count). The molecule has 10 N–H and O–H groups in total. The van der Waals surface area contributed by atoms with Crippen LogP contribution < -0.4 is 53.2 Å². The maximum atomic E-state index is 13.2. The van der Waals surface area contributed by atoms with Gasteiger partial charge >= 0.3 is 0 Å². The smallest absolute Gasteiger partial charge is 0.222 e. The molecule has 4 amide bonds. The zero-order valence-electron chi connectivity index (χ0n) is 33.6. The number of hydrogen-bond donors (Lipinski definition) is 10. The van der Waals surface area contributed by atoms with Gasteiger partial charge in [-0.3, -0.25) is 24.0 Å². The number of Topliss-reactive ketones (excluding diaryl/α,β-unsaturated/α-hetero) is 1. The van der Waals surface area contributed by atoms with Gasteiger partial charge in [0.05, 0.1) is 0 Å². The predicted octanol–water partition coefficient (Wildman–Crippen LogP) is 0.0511. The molecule has 0 aliphatic rings. The van der Waals surface area contributed by atoms with E-state index in [1.165, 1.54) is 6.92 Å². The lowest BCUT2D eigenvalue weighted by Crippen LogP contribution is -2.44. The Kier molecular flexibility index (Phi) is 31.2. The molecule has 0 heterocycles. The normalized spacial score (nSPS) is 14.1. The Morgan fingerprint density at radius 1 is 0.385 bits per heavy atom. The van der Waals surface area contributed by atoms with Crippen molar-refractivity contribution in [3.8, 4) is 0 Å². The lowest BCUT2D eigenvalue weighted by molar-refractivity contribution is -0.126. The fourth-order valence-electron chi connectivity index (χ4n) is 6.22. The summed E-state index contributed by atoms with van der Waals surface area (Å²) in [6.07, 6.45) is 8.88. The fraction of sp³-hybridized carbons (Fsp3) is 0.865. The Morgan fingerprint density at radius 2 is 0.673 bits per heavy atom. The first kappa shape index (κ1) is 49.3. The van der Waals surface area contributed by atoms with E-state index in [0.29, 0.717) is 45.1 Å². The number of rotatable bonds is 35. The second-order valence-electron chi connectivity index (χ2n) is 14.0. The summed E-state index contributed by atoms with van der Waals surface area (Å²) in [5, 5.41) is 31.0. The molecule has 0 aliphatic heterocycles. The van der Waals surface area contributed by atoms with Crippen LogP contribution in [-0.4, -0.2) is 135 Å². The number of hydrogen-bond acceptors (Lipinski definition) is 11. The largest absolute Gasteiger partial charge is 0.356 e. The van der Waals surface area contributed by atoms with E-state index in [-0.39, 0.29) is 78.9 Å². The Hall–Kier alpha value is -2.69. The Morgan fingerprint density at radius 3 is 1.00 bits per heavy atom. The lowest BCUT2D eigenvalue weighted by atomic mass is 10.0. The van der Waals surface area contributed by atoms with Crippen molar-refractivity contribution in [1.29, 1.82) is 0 Å². The van der Waals surface area contributed by atoms with Gasteiger partial charge in [-0.15, -0.1) is 0 Å². The summed E-state index contributed by atoms with van der Waals surface area (Å²) < 4.78 is 0. The molecule has 0 saturated carbocycles. The summed E-state index contributed by atoms with van der Waals surface area (Å²) in [6, 6.07) is -0.849. The van der Waals surface area contributed by atoms with Crippen molar-refractivity contribution in [3.63, 3.8) is 0 Å². The SMILES string of the molecule is CNCCCC(CC(=O)NC(CCCNC)CC(=O)NCCCC(CC(C)=O)NC(=O)CC(CCCNC)NC(=O)CC(CCCNC)NC)NC. The Labute approximate surface area is 314 Å². The maximum Gasteiger partial charge on any atom is 0.222 e. The summed E-state index contributed by atoms with van der Waals surface area (Å²) in [5.74, 6) is -0.559. The molecule has 5 unspecified atom stereocenters. The van der Waals surface area contributed by atoms with E-state index >= 15 is 0 Å². The van der Waals surface area contributed by atoms with Gasteiger partial charge in [-0.1, -0.05) is 0 Å². The van der Waals surface area contributed by atoms with Crippen LogP contribution in [0.4, 0.5) is 0 Å². The molecule has 15 heteroatoms. The summed E-state index contributed by atoms with van der Waals surface area (Å²) >= 11 is 0. The van der Waals surface area contributed by atoms with Crippen LogP contribution in [0.1, 0.15) is 103 Å². The van der Waals surface area contributed by atoms with Crippen LogP contribution in [0.5, 0.6) is 0 Å². The van der Waals surface area contributed by atoms with Crippen molar-refractivity contribution in [2.75, 3.05) is 75.0 Å². The van der Waals surface area contributed by atoms with Gasteiger partial charge in [0.2, 0.25) is 23.6 Å². The van der Waals surface area contributed by atoms with E-state index < -0.39 is 0 Å². The van der Waals surface area contributed by atoms with Gasteiger partial charge in [-0.25, -0.2) is 0 Å². The molecule has 0 spiro atoms. The van der Waals surface area contributed by atoms with Crippen molar-refractivity contribution < 1.29 is 24.0 Å². The molecule has 0 aromatic carbocycles. The van der Waals surface area contributed by atoms with Crippen molar-refractivity contribution in [2.24, 2.45) is 0 Å². The highest BCUT2D eigenvalue weighted by atomic mass is 16.2. The quantitative estimate of drug-likeness (QED) is 0.0393. The van der Waals surface area contributed by atoms with Crippen molar-refractivity contribution >= 4 is 29.4 Å². The van der Waals surface area contributed by atoms with Gasteiger partial charge < -0.3 is 53.2 Å². The topological polar surface area (TPSA) is 206 Å². The third kappa shape index (κ3) is 27.9. The van der Waals surface area contributed by atoms with Crippen LogP contribution in [0.25, 0.3) is 0 Å². The molecule has 0 saturated heterocycles. The average molecular weight is 741 g/mol. The highest BCUT2D eigenvalue weighted by Crippen LogP contribution is 2.10. The van der Waals surface area contributed by atoms with Gasteiger partial charge in [0.1, 0.15) is 5.78 Å². The van der Waals surface area contributed by atoms with Crippen LogP contribution in [0.3, 0.4) is 0 Å². The van der Waals surface area contributed by atoms with Crippen LogP contribution in [0.2, 0.25) is 0 Å². The third-order valence-corrected chi connectivity index (χ3v) is 9.14.